The van der Waals surface area contributed by atoms with Crippen molar-refractivity contribution in [3.8, 4) is 0 Å². The number of carbonyl (C=O) groups excluding carboxylic acids is 2. The van der Waals surface area contributed by atoms with Crippen LogP contribution in [0.2, 0.25) is 0 Å². The molecule has 0 bridgehead atoms. The highest BCUT2D eigenvalue weighted by molar-refractivity contribution is 9.10. The van der Waals surface area contributed by atoms with Crippen LogP contribution in [-0.2, 0) is 4.79 Å². The smallest absolute Gasteiger partial charge is 0.321 e. The van der Waals surface area contributed by atoms with E-state index in [-0.39, 0.29) is 39.7 Å². The number of amidine groups is 1. The third kappa shape index (κ3) is 5.93. The van der Waals surface area contributed by atoms with Gasteiger partial charge in [-0.05, 0) is 69.4 Å². The fraction of sp³-hybridized carbons (Fsp3) is 0.227. The summed E-state index contributed by atoms with van der Waals surface area (Å²) in [5.74, 6) is -1.35. The number of amides is 3. The second-order valence-corrected chi connectivity index (χ2v) is 8.57. The number of carbonyl (C=O) groups is 2. The summed E-state index contributed by atoms with van der Waals surface area (Å²) in [7, 11) is 0. The predicted molar refractivity (Wildman–Crippen MR) is 129 cm³/mol. The number of hydrogen-bond donors (Lipinski definition) is 4. The van der Waals surface area contributed by atoms with Gasteiger partial charge in [-0.25, -0.2) is 13.8 Å². The van der Waals surface area contributed by atoms with Crippen LogP contribution in [0.25, 0.3) is 0 Å². The Hall–Kier alpha value is -4.00. The summed E-state index contributed by atoms with van der Waals surface area (Å²) in [6.45, 7) is 0.816. The third-order valence-corrected chi connectivity index (χ3v) is 6.02. The van der Waals surface area contributed by atoms with Crippen LogP contribution in [0.1, 0.15) is 18.5 Å². The van der Waals surface area contributed by atoms with Crippen molar-refractivity contribution in [1.29, 1.82) is 0 Å². The molecule has 13 heteroatoms. The highest BCUT2D eigenvalue weighted by atomic mass is 79.9. The number of anilines is 3. The highest BCUT2D eigenvalue weighted by Gasteiger charge is 2.29. The molecule has 35 heavy (non-hydrogen) atoms. The number of hydrogen-bond acceptors (Lipinski definition) is 7. The van der Waals surface area contributed by atoms with Gasteiger partial charge in [0.15, 0.2) is 5.69 Å². The molecule has 2 aromatic carbocycles. The molecule has 3 aromatic rings. The van der Waals surface area contributed by atoms with E-state index in [1.807, 2.05) is 18.2 Å². The lowest BCUT2D eigenvalue weighted by atomic mass is 9.96. The fourth-order valence-electron chi connectivity index (χ4n) is 3.56. The molecule has 11 nitrogen and oxygen atoms in total. The summed E-state index contributed by atoms with van der Waals surface area (Å²) in [5.41, 5.74) is 1.06. The van der Waals surface area contributed by atoms with Crippen molar-refractivity contribution in [2.45, 2.75) is 12.8 Å². The monoisotopic (exact) mass is 545 g/mol. The number of piperidine rings is 1. The summed E-state index contributed by atoms with van der Waals surface area (Å²) < 4.78 is 18.4. The lowest BCUT2D eigenvalue weighted by Gasteiger charge is -2.31. The average Bonchev–Trinajstić information content (AvgIpc) is 3.33. The molecule has 0 atom stereocenters. The first-order valence-electron chi connectivity index (χ1n) is 10.6. The van der Waals surface area contributed by atoms with E-state index in [1.54, 1.807) is 17.0 Å². The van der Waals surface area contributed by atoms with E-state index in [9.17, 15) is 19.2 Å². The molecular weight excluding hydrogens is 525 g/mol. The Bertz CT molecular complexity index is 1230. The first-order valence-corrected chi connectivity index (χ1v) is 11.4. The zero-order chi connectivity index (χ0) is 24.8. The molecule has 1 saturated heterocycles. The maximum Gasteiger partial charge on any atom is 0.321 e. The number of aromatic nitrogens is 2. The number of nitrogens with one attached hydrogen (secondary N) is 3. The van der Waals surface area contributed by atoms with E-state index in [4.69, 9.17) is 4.63 Å². The van der Waals surface area contributed by atoms with Gasteiger partial charge in [-0.15, -0.1) is 0 Å². The van der Waals surface area contributed by atoms with Gasteiger partial charge in [-0.1, -0.05) is 23.4 Å². The summed E-state index contributed by atoms with van der Waals surface area (Å²) in [5, 5.41) is 28.2. The first kappa shape index (κ1) is 24.1. The van der Waals surface area contributed by atoms with Crippen molar-refractivity contribution >= 4 is 50.9 Å². The zero-order valence-corrected chi connectivity index (χ0v) is 19.8. The first-order chi connectivity index (χ1) is 16.9. The average molecular weight is 546 g/mol. The number of rotatable bonds is 5. The molecule has 4 N–H and O–H groups in total. The van der Waals surface area contributed by atoms with Crippen LogP contribution in [0.4, 0.5) is 26.4 Å². The molecule has 0 spiro atoms. The summed E-state index contributed by atoms with van der Waals surface area (Å²) in [4.78, 5) is 26.9. The number of benzene rings is 2. The van der Waals surface area contributed by atoms with Crippen LogP contribution in [-0.4, -0.2) is 51.3 Å². The molecule has 0 aliphatic carbocycles. The standard InChI is InChI=1S/C22H21BrFN7O4/c23-16-12-15(6-7-17(16)24)25-19(28-34)18-20(30-35-29-18)27-21(32)13-8-10-31(11-9-13)22(33)26-14-4-2-1-3-5-14/h1-7,12-13,34H,8-11H2,(H,25,28)(H,26,33)(H,27,30,32). The van der Waals surface area contributed by atoms with Crippen LogP contribution in [0, 0.1) is 11.7 Å². The number of oxime groups is 1. The maximum atomic E-state index is 13.5. The molecule has 3 amide bonds. The SMILES string of the molecule is O=C(Nc1nonc1C(=NO)Nc1ccc(F)c(Br)c1)C1CCN(C(=O)Nc2ccccc2)CC1. The molecule has 0 unspecified atom stereocenters. The van der Waals surface area contributed by atoms with E-state index in [0.717, 1.165) is 0 Å². The van der Waals surface area contributed by atoms with Crippen LogP contribution < -0.4 is 16.0 Å². The van der Waals surface area contributed by atoms with Gasteiger partial charge in [0.25, 0.3) is 0 Å². The summed E-state index contributed by atoms with van der Waals surface area (Å²) in [6, 6.07) is 13.0. The minimum Gasteiger partial charge on any atom is -0.409 e. The van der Waals surface area contributed by atoms with Gasteiger partial charge >= 0.3 is 6.03 Å². The summed E-state index contributed by atoms with van der Waals surface area (Å²) >= 11 is 3.08. The number of nitrogens with zero attached hydrogens (tertiary/aromatic N) is 4. The molecule has 0 saturated carbocycles. The van der Waals surface area contributed by atoms with Crippen molar-refractivity contribution in [3.63, 3.8) is 0 Å². The molecule has 1 aliphatic heterocycles. The molecule has 0 radical (unpaired) electrons. The fourth-order valence-corrected chi connectivity index (χ4v) is 3.93. The Morgan fingerprint density at radius 3 is 2.49 bits per heavy atom. The molecule has 2 heterocycles. The number of para-hydroxylation sites is 1. The van der Waals surface area contributed by atoms with Crippen molar-refractivity contribution in [3.05, 3.63) is 64.5 Å². The lowest BCUT2D eigenvalue weighted by molar-refractivity contribution is -0.121. The minimum absolute atomic E-state index is 0.0408. The third-order valence-electron chi connectivity index (χ3n) is 5.41. The second kappa shape index (κ2) is 11.0. The molecular formula is C22H21BrFN7O4. The van der Waals surface area contributed by atoms with Gasteiger partial charge in [0.05, 0.1) is 4.47 Å². The van der Waals surface area contributed by atoms with Gasteiger partial charge in [0, 0.05) is 30.4 Å². The molecule has 4 rings (SSSR count). The Labute approximate surface area is 207 Å². The van der Waals surface area contributed by atoms with Crippen molar-refractivity contribution in [1.82, 2.24) is 15.2 Å². The lowest BCUT2D eigenvalue weighted by Crippen LogP contribution is -2.43. The van der Waals surface area contributed by atoms with Crippen LogP contribution >= 0.6 is 15.9 Å². The normalized spacial score (nSPS) is 14.5. The predicted octanol–water partition coefficient (Wildman–Crippen LogP) is 4.10. The van der Waals surface area contributed by atoms with Crippen molar-refractivity contribution < 1.29 is 23.8 Å². The molecule has 1 fully saturated rings. The largest absolute Gasteiger partial charge is 0.409 e. The Balaban J connectivity index is 1.34. The van der Waals surface area contributed by atoms with Gasteiger partial charge < -0.3 is 26.1 Å². The van der Waals surface area contributed by atoms with Crippen LogP contribution in [0.15, 0.2) is 62.8 Å². The molecule has 182 valence electrons. The number of likely N-dealkylation sites (tertiary alicyclic amines) is 1. The second-order valence-electron chi connectivity index (χ2n) is 7.71. The van der Waals surface area contributed by atoms with Crippen molar-refractivity contribution in [2.24, 2.45) is 11.1 Å². The Morgan fingerprint density at radius 1 is 1.06 bits per heavy atom. The van der Waals surface area contributed by atoms with E-state index in [1.165, 1.54) is 18.2 Å². The molecule has 1 aromatic heterocycles. The Morgan fingerprint density at radius 2 is 1.80 bits per heavy atom. The van der Waals surface area contributed by atoms with Crippen LogP contribution in [0.3, 0.4) is 0 Å². The van der Waals surface area contributed by atoms with Crippen molar-refractivity contribution in [2.75, 3.05) is 29.0 Å². The van der Waals surface area contributed by atoms with Gasteiger partial charge in [0.2, 0.25) is 17.6 Å². The highest BCUT2D eigenvalue weighted by Crippen LogP contribution is 2.23. The van der Waals surface area contributed by atoms with E-state index in [2.05, 4.69) is 47.3 Å². The topological polar surface area (TPSA) is 145 Å². The van der Waals surface area contributed by atoms with E-state index < -0.39 is 5.82 Å². The summed E-state index contributed by atoms with van der Waals surface area (Å²) in [6.07, 6.45) is 0.912. The molecule has 1 aliphatic rings. The zero-order valence-electron chi connectivity index (χ0n) is 18.2. The van der Waals surface area contributed by atoms with Gasteiger partial charge in [-0.2, -0.15) is 0 Å². The maximum absolute atomic E-state index is 13.5. The Kier molecular flexibility index (Phi) is 7.55. The van der Waals surface area contributed by atoms with Gasteiger partial charge in [-0.3, -0.25) is 4.79 Å². The number of urea groups is 1. The number of halogens is 2. The van der Waals surface area contributed by atoms with Gasteiger partial charge in [0.1, 0.15) is 5.82 Å². The minimum atomic E-state index is -0.460. The van der Waals surface area contributed by atoms with E-state index in [0.29, 0.717) is 37.3 Å². The van der Waals surface area contributed by atoms with E-state index >= 15 is 0 Å². The quantitative estimate of drug-likeness (QED) is 0.163. The van der Waals surface area contributed by atoms with Crippen LogP contribution in [0.5, 0.6) is 0 Å².